The average Bonchev–Trinajstić information content (AvgIpc) is 3.82. The van der Waals surface area contributed by atoms with Gasteiger partial charge < -0.3 is 4.90 Å². The maximum absolute atomic E-state index is 2.45. The lowest BCUT2D eigenvalue weighted by atomic mass is 9.52. The quantitative estimate of drug-likeness (QED) is 0.168. The summed E-state index contributed by atoms with van der Waals surface area (Å²) >= 11 is 0. The molecule has 294 valence electrons. The molecule has 0 amide bonds. The van der Waals surface area contributed by atoms with Gasteiger partial charge in [-0.05, 0) is 125 Å². The van der Waals surface area contributed by atoms with Crippen molar-refractivity contribution in [3.8, 4) is 44.5 Å². The fourth-order valence-corrected chi connectivity index (χ4v) is 11.7. The van der Waals surface area contributed by atoms with Crippen LogP contribution in [0.15, 0.2) is 249 Å². The van der Waals surface area contributed by atoms with Crippen LogP contribution in [-0.4, -0.2) is 0 Å². The van der Waals surface area contributed by atoms with Crippen molar-refractivity contribution >= 4 is 17.1 Å². The van der Waals surface area contributed by atoms with Crippen molar-refractivity contribution in [3.63, 3.8) is 0 Å². The van der Waals surface area contributed by atoms with Crippen molar-refractivity contribution in [1.82, 2.24) is 0 Å². The van der Waals surface area contributed by atoms with Crippen molar-refractivity contribution in [2.75, 3.05) is 4.90 Å². The highest BCUT2D eigenvalue weighted by molar-refractivity contribution is 5.95. The van der Waals surface area contributed by atoms with Crippen LogP contribution in [0, 0.1) is 0 Å². The van der Waals surface area contributed by atoms with Crippen LogP contribution >= 0.6 is 0 Å². The molecule has 1 heteroatoms. The van der Waals surface area contributed by atoms with Gasteiger partial charge in [0.25, 0.3) is 0 Å². The third-order valence-electron chi connectivity index (χ3n) is 14.2. The first-order valence-corrected chi connectivity index (χ1v) is 22.0. The lowest BCUT2D eigenvalue weighted by Gasteiger charge is -2.48. The highest BCUT2D eigenvalue weighted by atomic mass is 15.1. The number of fused-ring (bicyclic) bond motifs is 16. The van der Waals surface area contributed by atoms with Gasteiger partial charge in [0.15, 0.2) is 0 Å². The number of nitrogens with zero attached hydrogens (tertiary/aromatic N) is 1. The molecular weight excluding hydrogens is 759 g/mol. The largest absolute Gasteiger partial charge is 0.310 e. The summed E-state index contributed by atoms with van der Waals surface area (Å²) in [5.74, 6) is 0. The molecule has 0 bridgehead atoms. The van der Waals surface area contributed by atoms with Gasteiger partial charge >= 0.3 is 0 Å². The molecule has 10 aromatic rings. The first kappa shape index (κ1) is 35.7. The minimum absolute atomic E-state index is 0.460. The van der Waals surface area contributed by atoms with E-state index < -0.39 is 10.8 Å². The molecule has 0 aliphatic heterocycles. The maximum atomic E-state index is 2.45. The van der Waals surface area contributed by atoms with Crippen molar-refractivity contribution in [2.24, 2.45) is 0 Å². The zero-order valence-corrected chi connectivity index (χ0v) is 34.6. The summed E-state index contributed by atoms with van der Waals surface area (Å²) in [5, 5.41) is 0. The van der Waals surface area contributed by atoms with Gasteiger partial charge in [0, 0.05) is 17.1 Å². The number of hydrogen-bond acceptors (Lipinski definition) is 1. The molecule has 10 aromatic carbocycles. The third kappa shape index (κ3) is 4.94. The van der Waals surface area contributed by atoms with Gasteiger partial charge in [-0.3, -0.25) is 0 Å². The van der Waals surface area contributed by atoms with Crippen molar-refractivity contribution in [2.45, 2.75) is 10.8 Å². The van der Waals surface area contributed by atoms with Crippen LogP contribution in [0.2, 0.25) is 0 Å². The first-order valence-electron chi connectivity index (χ1n) is 22.0. The first-order chi connectivity index (χ1) is 31.3. The predicted molar refractivity (Wildman–Crippen MR) is 260 cm³/mol. The fraction of sp³-hybridized carbons (Fsp3) is 0.0323. The van der Waals surface area contributed by atoms with E-state index in [1.807, 2.05) is 0 Å². The molecule has 13 rings (SSSR count). The summed E-state index contributed by atoms with van der Waals surface area (Å²) in [7, 11) is 0. The summed E-state index contributed by atoms with van der Waals surface area (Å²) in [5.41, 5.74) is 23.1. The van der Waals surface area contributed by atoms with Crippen LogP contribution < -0.4 is 4.90 Å². The van der Waals surface area contributed by atoms with Gasteiger partial charge in [0.05, 0.1) is 10.8 Å². The fourth-order valence-electron chi connectivity index (χ4n) is 11.7. The van der Waals surface area contributed by atoms with E-state index in [1.165, 1.54) is 89.0 Å². The van der Waals surface area contributed by atoms with E-state index in [-0.39, 0.29) is 0 Å². The van der Waals surface area contributed by atoms with Crippen molar-refractivity contribution in [3.05, 3.63) is 293 Å². The van der Waals surface area contributed by atoms with Crippen LogP contribution in [0.5, 0.6) is 0 Å². The summed E-state index contributed by atoms with van der Waals surface area (Å²) in [6.45, 7) is 0. The molecule has 2 spiro atoms. The van der Waals surface area contributed by atoms with Gasteiger partial charge in [0.2, 0.25) is 0 Å². The number of hydrogen-bond donors (Lipinski definition) is 0. The van der Waals surface area contributed by atoms with Gasteiger partial charge in [-0.25, -0.2) is 0 Å². The summed E-state index contributed by atoms with van der Waals surface area (Å²) in [4.78, 5) is 2.42. The predicted octanol–water partition coefficient (Wildman–Crippen LogP) is 15.5. The van der Waals surface area contributed by atoms with Crippen molar-refractivity contribution in [1.29, 1.82) is 0 Å². The number of benzene rings is 10. The van der Waals surface area contributed by atoms with E-state index in [2.05, 4.69) is 254 Å². The monoisotopic (exact) mass is 799 g/mol. The Morgan fingerprint density at radius 1 is 0.206 bits per heavy atom. The summed E-state index contributed by atoms with van der Waals surface area (Å²) in [6.07, 6.45) is 0. The van der Waals surface area contributed by atoms with E-state index in [1.54, 1.807) is 0 Å². The maximum Gasteiger partial charge on any atom is 0.0720 e. The zero-order chi connectivity index (χ0) is 41.5. The van der Waals surface area contributed by atoms with Crippen LogP contribution in [-0.2, 0) is 10.8 Å². The summed E-state index contributed by atoms with van der Waals surface area (Å²) in [6, 6.07) is 92.6. The van der Waals surface area contributed by atoms with Crippen LogP contribution in [0.1, 0.15) is 44.5 Å². The number of anilines is 3. The molecule has 0 heterocycles. The lowest BCUT2D eigenvalue weighted by Crippen LogP contribution is -2.43. The molecule has 0 unspecified atom stereocenters. The van der Waals surface area contributed by atoms with Gasteiger partial charge in [-0.15, -0.1) is 0 Å². The van der Waals surface area contributed by atoms with E-state index in [0.29, 0.717) is 0 Å². The van der Waals surface area contributed by atoms with Gasteiger partial charge in [0.1, 0.15) is 0 Å². The van der Waals surface area contributed by atoms with E-state index in [0.717, 1.165) is 17.1 Å². The van der Waals surface area contributed by atoms with Crippen LogP contribution in [0.3, 0.4) is 0 Å². The van der Waals surface area contributed by atoms with E-state index in [4.69, 9.17) is 0 Å². The SMILES string of the molecule is c1ccc(-c2ccc(N(c3ccc(-c4ccccc4)cc3)c3ccc4c(c3)-c3ccccc3C43c4ccccc4C4(c5ccccc5-c5ccccc54)c4ccccc43)cc2)cc1. The molecule has 0 atom stereocenters. The van der Waals surface area contributed by atoms with Gasteiger partial charge in [-0.2, -0.15) is 0 Å². The Balaban J connectivity index is 1.04. The molecule has 0 N–H and O–H groups in total. The molecule has 1 nitrogen and oxygen atoms in total. The Hall–Kier alpha value is -8.00. The second kappa shape index (κ2) is 13.8. The van der Waals surface area contributed by atoms with E-state index in [9.17, 15) is 0 Å². The normalized spacial score (nSPS) is 14.0. The van der Waals surface area contributed by atoms with E-state index >= 15 is 0 Å². The topological polar surface area (TPSA) is 3.24 Å². The van der Waals surface area contributed by atoms with Crippen LogP contribution in [0.4, 0.5) is 17.1 Å². The molecule has 0 saturated heterocycles. The number of rotatable bonds is 5. The summed E-state index contributed by atoms with van der Waals surface area (Å²) < 4.78 is 0. The Morgan fingerprint density at radius 2 is 0.492 bits per heavy atom. The molecule has 3 aliphatic carbocycles. The smallest absolute Gasteiger partial charge is 0.0720 e. The molecule has 0 radical (unpaired) electrons. The Morgan fingerprint density at radius 3 is 0.889 bits per heavy atom. The molecule has 0 aromatic heterocycles. The highest BCUT2D eigenvalue weighted by Gasteiger charge is 2.58. The Kier molecular flexibility index (Phi) is 7.80. The molecule has 0 saturated carbocycles. The minimum atomic E-state index is -0.533. The van der Waals surface area contributed by atoms with Gasteiger partial charge in [-0.1, -0.05) is 212 Å². The average molecular weight is 800 g/mol. The molecule has 63 heavy (non-hydrogen) atoms. The lowest BCUT2D eigenvalue weighted by molar-refractivity contribution is 0.633. The molecular formula is C62H41N. The third-order valence-corrected chi connectivity index (χ3v) is 14.2. The zero-order valence-electron chi connectivity index (χ0n) is 34.6. The second-order valence-corrected chi connectivity index (χ2v) is 17.1. The Labute approximate surface area is 368 Å². The standard InChI is InChI=1S/C62H41N/c1-3-17-42(18-4-1)44-31-35-46(36-32-44)63(47-37-33-45(34-38-47)43-19-5-2-6-20-43)48-39-40-56-52(41-48)51-23-9-12-26-55(51)62(56)59-29-15-13-27-57(59)61(58-28-14-16-30-60(58)62)53-24-10-7-21-49(53)50-22-8-11-25-54(50)61/h1-41H. The highest BCUT2D eigenvalue weighted by Crippen LogP contribution is 2.67. The Bertz CT molecular complexity index is 3200. The minimum Gasteiger partial charge on any atom is -0.310 e. The second-order valence-electron chi connectivity index (χ2n) is 17.1. The van der Waals surface area contributed by atoms with Crippen LogP contribution in [0.25, 0.3) is 44.5 Å². The molecule has 0 fully saturated rings. The van der Waals surface area contributed by atoms with Crippen molar-refractivity contribution < 1.29 is 0 Å². The molecule has 3 aliphatic rings.